The number of aryl methyl sites for hydroxylation is 1. The minimum absolute atomic E-state index is 0.193. The van der Waals surface area contributed by atoms with Crippen LogP contribution in [-0.4, -0.2) is 20.7 Å². The molecule has 0 aliphatic carbocycles. The smallest absolute Gasteiger partial charge is 0.232 e. The van der Waals surface area contributed by atoms with E-state index >= 15 is 0 Å². The van der Waals surface area contributed by atoms with Crippen molar-refractivity contribution in [3.63, 3.8) is 0 Å². The molecule has 0 unspecified atom stereocenters. The zero-order valence-corrected chi connectivity index (χ0v) is 8.21. The Kier molecular flexibility index (Phi) is 2.49. The highest BCUT2D eigenvalue weighted by Gasteiger charge is 2.13. The van der Waals surface area contributed by atoms with Gasteiger partial charge < -0.3 is 0 Å². The number of aromatic nitrogens is 3. The molecule has 0 bridgehead atoms. The van der Waals surface area contributed by atoms with Crippen LogP contribution >= 0.6 is 0 Å². The highest BCUT2D eigenvalue weighted by Crippen LogP contribution is 2.08. The van der Waals surface area contributed by atoms with E-state index in [-0.39, 0.29) is 11.6 Å². The zero-order valence-electron chi connectivity index (χ0n) is 8.21. The predicted octanol–water partition coefficient (Wildman–Crippen LogP) is 1.41. The second kappa shape index (κ2) is 3.96. The van der Waals surface area contributed by atoms with E-state index < -0.39 is 0 Å². The Hall–Kier alpha value is -2.10. The van der Waals surface area contributed by atoms with E-state index in [1.807, 2.05) is 6.92 Å². The first kappa shape index (κ1) is 9.45. The molecule has 0 saturated carbocycles. The minimum Gasteiger partial charge on any atom is -0.285 e. The summed E-state index contributed by atoms with van der Waals surface area (Å²) in [5.74, 6) is 0.00907. The monoisotopic (exact) mass is 199 g/mol. The summed E-state index contributed by atoms with van der Waals surface area (Å²) in [6, 6.07) is 3.46. The SMILES string of the molecule is Cc1ccncc1C(=O)c1ncccn1. The molecule has 0 fully saturated rings. The van der Waals surface area contributed by atoms with Crippen molar-refractivity contribution in [2.75, 3.05) is 0 Å². The van der Waals surface area contributed by atoms with E-state index in [9.17, 15) is 4.79 Å². The second-order valence-corrected chi connectivity index (χ2v) is 3.09. The van der Waals surface area contributed by atoms with Crippen LogP contribution in [0.3, 0.4) is 0 Å². The Labute approximate surface area is 87.0 Å². The molecule has 2 aromatic rings. The zero-order chi connectivity index (χ0) is 10.7. The molecule has 0 spiro atoms. The van der Waals surface area contributed by atoms with Gasteiger partial charge in [0.15, 0.2) is 0 Å². The number of carbonyl (C=O) groups excluding carboxylic acids is 1. The van der Waals surface area contributed by atoms with E-state index in [1.165, 1.54) is 6.20 Å². The number of nitrogens with zero attached hydrogens (tertiary/aromatic N) is 3. The van der Waals surface area contributed by atoms with Crippen molar-refractivity contribution in [2.45, 2.75) is 6.92 Å². The summed E-state index contributed by atoms with van der Waals surface area (Å²) in [4.78, 5) is 23.6. The lowest BCUT2D eigenvalue weighted by Gasteiger charge is -2.01. The maximum atomic E-state index is 11.9. The fourth-order valence-corrected chi connectivity index (χ4v) is 1.24. The molecule has 4 nitrogen and oxygen atoms in total. The molecule has 0 atom stereocenters. The third-order valence-corrected chi connectivity index (χ3v) is 2.05. The van der Waals surface area contributed by atoms with Gasteiger partial charge in [0.2, 0.25) is 11.6 Å². The summed E-state index contributed by atoms with van der Waals surface area (Å²) in [5.41, 5.74) is 1.42. The third-order valence-electron chi connectivity index (χ3n) is 2.05. The fourth-order valence-electron chi connectivity index (χ4n) is 1.24. The summed E-state index contributed by atoms with van der Waals surface area (Å²) in [6.07, 6.45) is 6.28. The molecule has 0 radical (unpaired) electrons. The number of rotatable bonds is 2. The largest absolute Gasteiger partial charge is 0.285 e. The number of carbonyl (C=O) groups is 1. The molecule has 0 aliphatic heterocycles. The fraction of sp³-hybridized carbons (Fsp3) is 0.0909. The first-order chi connectivity index (χ1) is 7.29. The van der Waals surface area contributed by atoms with Gasteiger partial charge in [0.25, 0.3) is 0 Å². The lowest BCUT2D eigenvalue weighted by molar-refractivity contribution is 0.102. The van der Waals surface area contributed by atoms with Gasteiger partial charge in [0.1, 0.15) is 0 Å². The molecule has 15 heavy (non-hydrogen) atoms. The van der Waals surface area contributed by atoms with Crippen molar-refractivity contribution in [3.8, 4) is 0 Å². The van der Waals surface area contributed by atoms with Crippen molar-refractivity contribution in [3.05, 3.63) is 53.9 Å². The van der Waals surface area contributed by atoms with Crippen LogP contribution in [0.4, 0.5) is 0 Å². The Bertz CT molecular complexity index is 482. The van der Waals surface area contributed by atoms with Gasteiger partial charge in [-0.05, 0) is 24.6 Å². The van der Waals surface area contributed by atoms with E-state index in [1.54, 1.807) is 30.7 Å². The molecule has 0 N–H and O–H groups in total. The van der Waals surface area contributed by atoms with E-state index in [2.05, 4.69) is 15.0 Å². The molecule has 0 aliphatic rings. The van der Waals surface area contributed by atoms with Crippen LogP contribution in [-0.2, 0) is 0 Å². The maximum absolute atomic E-state index is 11.9. The Morgan fingerprint density at radius 2 is 1.93 bits per heavy atom. The van der Waals surface area contributed by atoms with Crippen molar-refractivity contribution in [1.82, 2.24) is 15.0 Å². The summed E-state index contributed by atoms with van der Waals surface area (Å²) < 4.78 is 0. The van der Waals surface area contributed by atoms with E-state index in [0.29, 0.717) is 5.56 Å². The summed E-state index contributed by atoms with van der Waals surface area (Å²) in [5, 5.41) is 0. The standard InChI is InChI=1S/C11H9N3O/c1-8-3-6-12-7-9(8)10(15)11-13-4-2-5-14-11/h2-7H,1H3. The van der Waals surface area contributed by atoms with Crippen LogP contribution < -0.4 is 0 Å². The number of hydrogen-bond acceptors (Lipinski definition) is 4. The van der Waals surface area contributed by atoms with E-state index in [0.717, 1.165) is 5.56 Å². The molecule has 0 saturated heterocycles. The van der Waals surface area contributed by atoms with Crippen molar-refractivity contribution >= 4 is 5.78 Å². The first-order valence-electron chi connectivity index (χ1n) is 4.51. The summed E-state index contributed by atoms with van der Waals surface area (Å²) in [6.45, 7) is 1.86. The van der Waals surface area contributed by atoms with Gasteiger partial charge in [-0.15, -0.1) is 0 Å². The lowest BCUT2D eigenvalue weighted by atomic mass is 10.1. The van der Waals surface area contributed by atoms with Crippen molar-refractivity contribution in [1.29, 1.82) is 0 Å². The summed E-state index contributed by atoms with van der Waals surface area (Å²) >= 11 is 0. The van der Waals surface area contributed by atoms with Gasteiger partial charge in [-0.3, -0.25) is 9.78 Å². The Morgan fingerprint density at radius 3 is 2.60 bits per heavy atom. The minimum atomic E-state index is -0.193. The van der Waals surface area contributed by atoms with Crippen LogP contribution in [0.15, 0.2) is 36.9 Å². The molecule has 0 amide bonds. The van der Waals surface area contributed by atoms with Gasteiger partial charge >= 0.3 is 0 Å². The number of hydrogen-bond donors (Lipinski definition) is 0. The molecule has 2 rings (SSSR count). The Balaban J connectivity index is 2.42. The molecular weight excluding hydrogens is 190 g/mol. The van der Waals surface area contributed by atoms with Gasteiger partial charge in [-0.1, -0.05) is 0 Å². The highest BCUT2D eigenvalue weighted by atomic mass is 16.1. The third kappa shape index (κ3) is 1.88. The Morgan fingerprint density at radius 1 is 1.20 bits per heavy atom. The number of pyridine rings is 1. The molecule has 74 valence electrons. The molecular formula is C11H9N3O. The predicted molar refractivity (Wildman–Crippen MR) is 54.4 cm³/mol. The van der Waals surface area contributed by atoms with Crippen LogP contribution in [0.25, 0.3) is 0 Å². The normalized spacial score (nSPS) is 9.93. The van der Waals surface area contributed by atoms with Crippen molar-refractivity contribution < 1.29 is 4.79 Å². The van der Waals surface area contributed by atoms with Crippen molar-refractivity contribution in [2.24, 2.45) is 0 Å². The molecule has 0 aromatic carbocycles. The van der Waals surface area contributed by atoms with E-state index in [4.69, 9.17) is 0 Å². The quantitative estimate of drug-likeness (QED) is 0.686. The average molecular weight is 199 g/mol. The average Bonchev–Trinajstić information content (AvgIpc) is 2.30. The molecule has 2 aromatic heterocycles. The van der Waals surface area contributed by atoms with Crippen LogP contribution in [0.5, 0.6) is 0 Å². The second-order valence-electron chi connectivity index (χ2n) is 3.09. The number of ketones is 1. The van der Waals surface area contributed by atoms with Crippen LogP contribution in [0.1, 0.15) is 21.7 Å². The summed E-state index contributed by atoms with van der Waals surface area (Å²) in [7, 11) is 0. The van der Waals surface area contributed by atoms with Gasteiger partial charge in [-0.2, -0.15) is 0 Å². The lowest BCUT2D eigenvalue weighted by Crippen LogP contribution is -2.08. The molecule has 4 heteroatoms. The maximum Gasteiger partial charge on any atom is 0.232 e. The van der Waals surface area contributed by atoms with Gasteiger partial charge in [0.05, 0.1) is 0 Å². The van der Waals surface area contributed by atoms with Crippen LogP contribution in [0, 0.1) is 6.92 Å². The first-order valence-corrected chi connectivity index (χ1v) is 4.51. The van der Waals surface area contributed by atoms with Gasteiger partial charge in [0, 0.05) is 30.4 Å². The molecule has 2 heterocycles. The van der Waals surface area contributed by atoms with Crippen LogP contribution in [0.2, 0.25) is 0 Å². The highest BCUT2D eigenvalue weighted by molar-refractivity contribution is 6.07. The topological polar surface area (TPSA) is 55.7 Å². The van der Waals surface area contributed by atoms with Gasteiger partial charge in [-0.25, -0.2) is 9.97 Å².